The number of ether oxygens (including phenoxy) is 2. The topological polar surface area (TPSA) is 77.6 Å². The predicted molar refractivity (Wildman–Crippen MR) is 84.8 cm³/mol. The van der Waals surface area contributed by atoms with Crippen LogP contribution in [0.1, 0.15) is 6.42 Å². The van der Waals surface area contributed by atoms with Crippen LogP contribution >= 0.6 is 0 Å². The van der Waals surface area contributed by atoms with Crippen molar-refractivity contribution in [1.82, 2.24) is 9.61 Å². The predicted octanol–water partition coefficient (Wildman–Crippen LogP) is 1.74. The summed E-state index contributed by atoms with van der Waals surface area (Å²) in [4.78, 5) is 21.2. The lowest BCUT2D eigenvalue weighted by Gasteiger charge is -2.20. The van der Waals surface area contributed by atoms with E-state index in [9.17, 15) is 4.79 Å². The van der Waals surface area contributed by atoms with Crippen LogP contribution in [0.2, 0.25) is 0 Å². The highest BCUT2D eigenvalue weighted by Gasteiger charge is 2.27. The number of hydrogen-bond acceptors (Lipinski definition) is 6. The van der Waals surface area contributed by atoms with Crippen LogP contribution in [0.25, 0.3) is 5.52 Å². The Kier molecular flexibility index (Phi) is 3.18. The number of fused-ring (bicyclic) bond motifs is 2. The van der Waals surface area contributed by atoms with Gasteiger partial charge in [0.15, 0.2) is 11.5 Å². The first-order valence-corrected chi connectivity index (χ1v) is 7.27. The van der Waals surface area contributed by atoms with Gasteiger partial charge in [-0.15, -0.1) is 5.10 Å². The maximum absolute atomic E-state index is 12.3. The smallest absolute Gasteiger partial charge is 0.259 e. The fourth-order valence-electron chi connectivity index (χ4n) is 2.63. The number of aromatic nitrogens is 2. The van der Waals surface area contributed by atoms with Crippen LogP contribution in [0, 0.1) is 0 Å². The molecule has 0 atom stereocenters. The number of hydrogen-bond donors (Lipinski definition) is 0. The summed E-state index contributed by atoms with van der Waals surface area (Å²) < 4.78 is 12.5. The monoisotopic (exact) mass is 310 g/mol. The number of carbonyl (C=O) groups excluding carboxylic acids is 1. The first-order valence-electron chi connectivity index (χ1n) is 7.27. The van der Waals surface area contributed by atoms with Gasteiger partial charge >= 0.3 is 0 Å². The molecule has 7 nitrogen and oxygen atoms in total. The Morgan fingerprint density at radius 2 is 2.30 bits per heavy atom. The zero-order valence-corrected chi connectivity index (χ0v) is 12.5. The zero-order chi connectivity index (χ0) is 15.8. The van der Waals surface area contributed by atoms with E-state index in [1.54, 1.807) is 16.8 Å². The summed E-state index contributed by atoms with van der Waals surface area (Å²) in [6.07, 6.45) is 3.67. The fraction of sp³-hybridized carbons (Fsp3) is 0.250. The summed E-state index contributed by atoms with van der Waals surface area (Å²) in [5.74, 6) is 0.916. The third-order valence-electron chi connectivity index (χ3n) is 3.73. The number of rotatable bonds is 2. The molecule has 2 aromatic heterocycles. The molecule has 7 heteroatoms. The van der Waals surface area contributed by atoms with Crippen molar-refractivity contribution in [2.45, 2.75) is 6.42 Å². The molecule has 1 aliphatic carbocycles. The van der Waals surface area contributed by atoms with E-state index in [4.69, 9.17) is 9.47 Å². The van der Waals surface area contributed by atoms with Gasteiger partial charge in [-0.3, -0.25) is 9.79 Å². The quantitative estimate of drug-likeness (QED) is 0.846. The van der Waals surface area contributed by atoms with Gasteiger partial charge in [-0.2, -0.15) is 0 Å². The van der Waals surface area contributed by atoms with Crippen molar-refractivity contribution in [1.29, 1.82) is 0 Å². The van der Waals surface area contributed by atoms with Crippen LogP contribution < -0.4 is 4.74 Å². The summed E-state index contributed by atoms with van der Waals surface area (Å²) >= 11 is 0. The number of Topliss-reactive ketones (excluding diaryl/α,β-unsaturated/α-hetero) is 1. The van der Waals surface area contributed by atoms with Crippen molar-refractivity contribution in [3.05, 3.63) is 36.2 Å². The average molecular weight is 310 g/mol. The number of methoxy groups -OCH3 is 1. The van der Waals surface area contributed by atoms with Crippen molar-refractivity contribution in [3.8, 4) is 5.88 Å². The Bertz CT molecular complexity index is 892. The molecule has 4 rings (SSSR count). The van der Waals surface area contributed by atoms with Crippen LogP contribution in [0.4, 0.5) is 5.69 Å². The summed E-state index contributed by atoms with van der Waals surface area (Å²) in [7, 11) is 1.53. The number of carbonyl (C=O) groups is 1. The molecular weight excluding hydrogens is 296 g/mol. The van der Waals surface area contributed by atoms with Gasteiger partial charge in [0.25, 0.3) is 5.88 Å². The minimum absolute atomic E-state index is 0.0877. The molecule has 0 bridgehead atoms. The molecule has 2 aromatic rings. The van der Waals surface area contributed by atoms with Crippen molar-refractivity contribution < 1.29 is 14.3 Å². The molecule has 0 aromatic carbocycles. The van der Waals surface area contributed by atoms with E-state index in [2.05, 4.69) is 15.1 Å². The Labute approximate surface area is 132 Å². The van der Waals surface area contributed by atoms with E-state index in [0.717, 1.165) is 5.52 Å². The van der Waals surface area contributed by atoms with Crippen LogP contribution in [0.3, 0.4) is 0 Å². The molecule has 0 unspecified atom stereocenters. The van der Waals surface area contributed by atoms with Crippen LogP contribution in [-0.2, 0) is 9.53 Å². The Morgan fingerprint density at radius 1 is 1.39 bits per heavy atom. The normalized spacial score (nSPS) is 19.2. The maximum Gasteiger partial charge on any atom is 0.259 e. The summed E-state index contributed by atoms with van der Waals surface area (Å²) in [5, 5.41) is 4.30. The minimum atomic E-state index is -0.0877. The Hall–Kier alpha value is -2.96. The molecule has 0 saturated carbocycles. The highest BCUT2D eigenvalue weighted by Crippen LogP contribution is 2.32. The van der Waals surface area contributed by atoms with E-state index in [0.29, 0.717) is 41.9 Å². The van der Waals surface area contributed by atoms with E-state index in [1.165, 1.54) is 7.11 Å². The highest BCUT2D eigenvalue weighted by atomic mass is 16.5. The maximum atomic E-state index is 12.3. The van der Waals surface area contributed by atoms with E-state index >= 15 is 0 Å². The molecule has 1 aliphatic heterocycles. The van der Waals surface area contributed by atoms with Gasteiger partial charge in [0.2, 0.25) is 0 Å². The van der Waals surface area contributed by atoms with Gasteiger partial charge in [0.1, 0.15) is 18.1 Å². The number of aliphatic imine (C=N–C) groups is 2. The van der Waals surface area contributed by atoms with Crippen LogP contribution in [0.5, 0.6) is 5.88 Å². The van der Waals surface area contributed by atoms with E-state index in [1.807, 2.05) is 18.2 Å². The van der Waals surface area contributed by atoms with Crippen molar-refractivity contribution in [2.24, 2.45) is 9.98 Å². The second-order valence-corrected chi connectivity index (χ2v) is 5.17. The summed E-state index contributed by atoms with van der Waals surface area (Å²) in [5.41, 5.74) is 2.33. The lowest BCUT2D eigenvalue weighted by atomic mass is 10.00. The van der Waals surface area contributed by atoms with Crippen molar-refractivity contribution in [3.63, 3.8) is 0 Å². The number of nitrogens with zero attached hydrogens (tertiary/aromatic N) is 4. The number of allylic oxidation sites excluding steroid dienone is 2. The van der Waals surface area contributed by atoms with Gasteiger partial charge in [-0.05, 0) is 12.1 Å². The Balaban J connectivity index is 1.85. The lowest BCUT2D eigenvalue weighted by Crippen LogP contribution is -2.28. The standard InChI is InChI=1S/C16H14N4O3/c1-22-16-15(12-4-2-3-6-20(12)19-16)18-10-9-14-11(8-13(10)21)17-5-7-23-14/h2-4,6,9H,5,7-8H2,1H3. The molecule has 0 spiro atoms. The van der Waals surface area contributed by atoms with Gasteiger partial charge in [-0.1, -0.05) is 6.07 Å². The molecular formula is C16H14N4O3. The number of pyridine rings is 1. The molecule has 0 saturated heterocycles. The van der Waals surface area contributed by atoms with Gasteiger partial charge in [0, 0.05) is 12.3 Å². The zero-order valence-electron chi connectivity index (χ0n) is 12.5. The third kappa shape index (κ3) is 2.30. The molecule has 23 heavy (non-hydrogen) atoms. The van der Waals surface area contributed by atoms with E-state index < -0.39 is 0 Å². The first kappa shape index (κ1) is 13.7. The highest BCUT2D eigenvalue weighted by molar-refractivity contribution is 6.50. The van der Waals surface area contributed by atoms with Gasteiger partial charge < -0.3 is 9.47 Å². The van der Waals surface area contributed by atoms with Crippen LogP contribution in [0.15, 0.2) is 46.2 Å². The molecule has 3 heterocycles. The number of ketones is 1. The Morgan fingerprint density at radius 3 is 3.17 bits per heavy atom. The molecule has 0 N–H and O–H groups in total. The van der Waals surface area contributed by atoms with Gasteiger partial charge in [0.05, 0.1) is 31.3 Å². The molecule has 0 fully saturated rings. The summed E-state index contributed by atoms with van der Waals surface area (Å²) in [6.45, 7) is 1.12. The fourth-order valence-corrected chi connectivity index (χ4v) is 2.63. The largest absolute Gasteiger partial charge is 0.490 e. The van der Waals surface area contributed by atoms with Crippen LogP contribution in [-0.4, -0.2) is 47.1 Å². The lowest BCUT2D eigenvalue weighted by molar-refractivity contribution is -0.112. The van der Waals surface area contributed by atoms with E-state index in [-0.39, 0.29) is 12.2 Å². The minimum Gasteiger partial charge on any atom is -0.490 e. The third-order valence-corrected chi connectivity index (χ3v) is 3.73. The van der Waals surface area contributed by atoms with Crippen molar-refractivity contribution in [2.75, 3.05) is 20.3 Å². The molecule has 0 amide bonds. The second-order valence-electron chi connectivity index (χ2n) is 5.17. The average Bonchev–Trinajstić information content (AvgIpc) is 2.93. The second kappa shape index (κ2) is 5.35. The molecule has 116 valence electrons. The van der Waals surface area contributed by atoms with Gasteiger partial charge in [-0.25, -0.2) is 9.51 Å². The molecule has 2 aliphatic rings. The van der Waals surface area contributed by atoms with Crippen molar-refractivity contribution >= 4 is 28.4 Å². The summed E-state index contributed by atoms with van der Waals surface area (Å²) in [6, 6.07) is 5.62. The molecule has 0 radical (unpaired) electrons. The first-order chi connectivity index (χ1) is 11.3. The SMILES string of the molecule is COc1nn2ccccc2c1N=C1C=C2OCCN=C2CC1=O.